The molecule has 0 unspecified atom stereocenters. The van der Waals surface area contributed by atoms with E-state index in [1.165, 1.54) is 0 Å². The molecule has 1 aromatic carbocycles. The average Bonchev–Trinajstić information content (AvgIpc) is 2.80. The fourth-order valence-corrected chi connectivity index (χ4v) is 3.20. The van der Waals surface area contributed by atoms with Gasteiger partial charge in [0.1, 0.15) is 17.3 Å². The van der Waals surface area contributed by atoms with Crippen molar-refractivity contribution in [3.8, 4) is 11.5 Å². The van der Waals surface area contributed by atoms with Gasteiger partial charge in [-0.05, 0) is 18.2 Å². The molecule has 0 spiro atoms. The van der Waals surface area contributed by atoms with Crippen molar-refractivity contribution in [3.05, 3.63) is 47.7 Å². The minimum atomic E-state index is 0.580. The molecule has 0 atom stereocenters. The molecule has 156 valence electrons. The van der Waals surface area contributed by atoms with Gasteiger partial charge in [-0.15, -0.1) is 0 Å². The normalized spacial score (nSPS) is 14.4. The lowest BCUT2D eigenvalue weighted by Gasteiger charge is -2.29. The van der Waals surface area contributed by atoms with E-state index in [4.69, 9.17) is 14.2 Å². The number of nitrogens with zero attached hydrogens (tertiary/aromatic N) is 3. The molecule has 0 amide bonds. The molecule has 1 aliphatic heterocycles. The number of morpholine rings is 1. The van der Waals surface area contributed by atoms with Gasteiger partial charge in [0.05, 0.1) is 27.4 Å². The first-order valence-corrected chi connectivity index (χ1v) is 9.67. The second-order valence-electron chi connectivity index (χ2n) is 6.54. The zero-order valence-electron chi connectivity index (χ0n) is 17.3. The van der Waals surface area contributed by atoms with Crippen molar-refractivity contribution in [3.63, 3.8) is 0 Å². The highest BCUT2D eigenvalue weighted by Gasteiger charge is 2.16. The summed E-state index contributed by atoms with van der Waals surface area (Å²) in [5.41, 5.74) is 2.14. The molecule has 0 radical (unpaired) electrons. The van der Waals surface area contributed by atoms with Gasteiger partial charge in [0.15, 0.2) is 5.96 Å². The fraction of sp³-hybridized carbons (Fsp3) is 0.429. The molecule has 1 aromatic heterocycles. The lowest BCUT2D eigenvalue weighted by Crippen LogP contribution is -2.39. The summed E-state index contributed by atoms with van der Waals surface area (Å²) in [4.78, 5) is 11.2. The Morgan fingerprint density at radius 3 is 2.55 bits per heavy atom. The summed E-state index contributed by atoms with van der Waals surface area (Å²) in [6, 6.07) is 9.82. The second-order valence-corrected chi connectivity index (χ2v) is 6.54. The number of ether oxygens (including phenoxy) is 3. The van der Waals surface area contributed by atoms with Gasteiger partial charge >= 0.3 is 0 Å². The summed E-state index contributed by atoms with van der Waals surface area (Å²) >= 11 is 0. The molecular weight excluding hydrogens is 370 g/mol. The number of nitrogens with one attached hydrogen (secondary N) is 2. The molecule has 0 bridgehead atoms. The first-order valence-electron chi connectivity index (χ1n) is 9.67. The maximum absolute atomic E-state index is 5.46. The van der Waals surface area contributed by atoms with E-state index in [1.807, 2.05) is 30.5 Å². The number of hydrogen-bond acceptors (Lipinski definition) is 6. The van der Waals surface area contributed by atoms with E-state index in [1.54, 1.807) is 21.3 Å². The number of aromatic nitrogens is 1. The number of guanidine groups is 1. The average molecular weight is 399 g/mol. The van der Waals surface area contributed by atoms with Gasteiger partial charge in [-0.25, -0.2) is 4.98 Å². The third-order valence-corrected chi connectivity index (χ3v) is 4.79. The molecular formula is C21H29N5O3. The predicted octanol–water partition coefficient (Wildman–Crippen LogP) is 1.80. The van der Waals surface area contributed by atoms with Crippen LogP contribution >= 0.6 is 0 Å². The van der Waals surface area contributed by atoms with E-state index in [9.17, 15) is 0 Å². The maximum atomic E-state index is 5.46. The maximum Gasteiger partial charge on any atom is 0.191 e. The zero-order valence-corrected chi connectivity index (χ0v) is 17.3. The van der Waals surface area contributed by atoms with Crippen molar-refractivity contribution in [2.45, 2.75) is 13.1 Å². The van der Waals surface area contributed by atoms with Crippen LogP contribution in [-0.4, -0.2) is 58.5 Å². The zero-order chi connectivity index (χ0) is 20.5. The summed E-state index contributed by atoms with van der Waals surface area (Å²) in [6.07, 6.45) is 1.83. The van der Waals surface area contributed by atoms with E-state index in [2.05, 4.69) is 31.6 Å². The standard InChI is InChI=1S/C21H29N5O3/c1-22-21(24-14-16-6-7-18(27-2)13-19(16)28-3)25-15-17-5-4-8-23-20(17)26-9-11-29-12-10-26/h4-8,13H,9-12,14-15H2,1-3H3,(H2,22,24,25). The lowest BCUT2D eigenvalue weighted by molar-refractivity contribution is 0.122. The molecule has 2 heterocycles. The van der Waals surface area contributed by atoms with Crippen LogP contribution in [0, 0.1) is 0 Å². The monoisotopic (exact) mass is 399 g/mol. The van der Waals surface area contributed by atoms with Crippen LogP contribution in [0.2, 0.25) is 0 Å². The molecule has 2 N–H and O–H groups in total. The number of aliphatic imine (C=N–C) groups is 1. The van der Waals surface area contributed by atoms with Crippen molar-refractivity contribution in [1.82, 2.24) is 15.6 Å². The SMILES string of the molecule is CN=C(NCc1ccc(OC)cc1OC)NCc1cccnc1N1CCOCC1. The van der Waals surface area contributed by atoms with E-state index >= 15 is 0 Å². The summed E-state index contributed by atoms with van der Waals surface area (Å²) in [5, 5.41) is 6.70. The smallest absolute Gasteiger partial charge is 0.191 e. The highest BCUT2D eigenvalue weighted by Crippen LogP contribution is 2.24. The fourth-order valence-electron chi connectivity index (χ4n) is 3.20. The summed E-state index contributed by atoms with van der Waals surface area (Å²) in [7, 11) is 5.05. The van der Waals surface area contributed by atoms with Crippen molar-refractivity contribution in [2.24, 2.45) is 4.99 Å². The van der Waals surface area contributed by atoms with Crippen LogP contribution in [0.5, 0.6) is 11.5 Å². The van der Waals surface area contributed by atoms with Crippen LogP contribution < -0.4 is 25.0 Å². The molecule has 0 saturated carbocycles. The molecule has 1 saturated heterocycles. The molecule has 29 heavy (non-hydrogen) atoms. The molecule has 8 nitrogen and oxygen atoms in total. The quantitative estimate of drug-likeness (QED) is 0.543. The highest BCUT2D eigenvalue weighted by atomic mass is 16.5. The third-order valence-electron chi connectivity index (χ3n) is 4.79. The first-order chi connectivity index (χ1) is 14.2. The number of methoxy groups -OCH3 is 2. The van der Waals surface area contributed by atoms with Crippen molar-refractivity contribution < 1.29 is 14.2 Å². The summed E-state index contributed by atoms with van der Waals surface area (Å²) in [5.74, 6) is 3.24. The highest BCUT2D eigenvalue weighted by molar-refractivity contribution is 5.79. The number of pyridine rings is 1. The minimum absolute atomic E-state index is 0.580. The first kappa shape index (κ1) is 20.7. The Morgan fingerprint density at radius 2 is 1.86 bits per heavy atom. The van der Waals surface area contributed by atoms with Gasteiger partial charge in [0.25, 0.3) is 0 Å². The van der Waals surface area contributed by atoms with E-state index in [0.717, 1.165) is 54.7 Å². The van der Waals surface area contributed by atoms with Crippen LogP contribution in [0.4, 0.5) is 5.82 Å². The van der Waals surface area contributed by atoms with Crippen molar-refractivity contribution >= 4 is 11.8 Å². The number of anilines is 1. The van der Waals surface area contributed by atoms with Crippen LogP contribution in [0.1, 0.15) is 11.1 Å². The van der Waals surface area contributed by atoms with Gasteiger partial charge in [-0.3, -0.25) is 4.99 Å². The van der Waals surface area contributed by atoms with Gasteiger partial charge in [-0.2, -0.15) is 0 Å². The van der Waals surface area contributed by atoms with Crippen LogP contribution in [-0.2, 0) is 17.8 Å². The van der Waals surface area contributed by atoms with E-state index in [-0.39, 0.29) is 0 Å². The Kier molecular flexibility index (Phi) is 7.52. The van der Waals surface area contributed by atoms with Gasteiger partial charge in [-0.1, -0.05) is 6.07 Å². The number of hydrogen-bond donors (Lipinski definition) is 2. The molecule has 0 aliphatic carbocycles. The Labute approximate surface area is 171 Å². The Hall–Kier alpha value is -3.00. The minimum Gasteiger partial charge on any atom is -0.497 e. The number of rotatable bonds is 7. The Balaban J connectivity index is 1.60. The molecule has 2 aromatic rings. The Bertz CT molecular complexity index is 822. The summed E-state index contributed by atoms with van der Waals surface area (Å²) in [6.45, 7) is 4.38. The van der Waals surface area contributed by atoms with Crippen LogP contribution in [0.3, 0.4) is 0 Å². The molecule has 3 rings (SSSR count). The Morgan fingerprint density at radius 1 is 1.10 bits per heavy atom. The predicted molar refractivity (Wildman–Crippen MR) is 114 cm³/mol. The van der Waals surface area contributed by atoms with Crippen molar-refractivity contribution in [2.75, 3.05) is 52.5 Å². The number of benzene rings is 1. The van der Waals surface area contributed by atoms with Gasteiger partial charge in [0.2, 0.25) is 0 Å². The lowest BCUT2D eigenvalue weighted by atomic mass is 10.2. The van der Waals surface area contributed by atoms with Crippen LogP contribution in [0.25, 0.3) is 0 Å². The van der Waals surface area contributed by atoms with E-state index < -0.39 is 0 Å². The van der Waals surface area contributed by atoms with Crippen molar-refractivity contribution in [1.29, 1.82) is 0 Å². The van der Waals surface area contributed by atoms with Gasteiger partial charge < -0.3 is 29.7 Å². The van der Waals surface area contributed by atoms with E-state index in [0.29, 0.717) is 19.0 Å². The van der Waals surface area contributed by atoms with Gasteiger partial charge in [0, 0.05) is 56.6 Å². The second kappa shape index (κ2) is 10.5. The summed E-state index contributed by atoms with van der Waals surface area (Å²) < 4.78 is 16.2. The third kappa shape index (κ3) is 5.51. The largest absolute Gasteiger partial charge is 0.497 e. The molecule has 1 fully saturated rings. The molecule has 1 aliphatic rings. The van der Waals surface area contributed by atoms with Crippen LogP contribution in [0.15, 0.2) is 41.5 Å². The topological polar surface area (TPSA) is 80.2 Å². The molecule has 8 heteroatoms.